The van der Waals surface area contributed by atoms with Crippen molar-refractivity contribution in [1.29, 1.82) is 0 Å². The maximum absolute atomic E-state index is 11.3. The SMILES string of the molecule is COC(=O)c1ncnc2c1ncn2C. The molecular weight excluding hydrogens is 184 g/mol. The van der Waals surface area contributed by atoms with E-state index < -0.39 is 5.97 Å². The van der Waals surface area contributed by atoms with Crippen molar-refractivity contribution in [3.63, 3.8) is 0 Å². The van der Waals surface area contributed by atoms with E-state index >= 15 is 0 Å². The second kappa shape index (κ2) is 3.06. The molecule has 0 aliphatic heterocycles. The molecule has 0 atom stereocenters. The molecule has 14 heavy (non-hydrogen) atoms. The maximum atomic E-state index is 11.3. The average Bonchev–Trinajstić information content (AvgIpc) is 2.59. The van der Waals surface area contributed by atoms with Gasteiger partial charge < -0.3 is 9.30 Å². The van der Waals surface area contributed by atoms with Crippen LogP contribution in [0, 0.1) is 0 Å². The van der Waals surface area contributed by atoms with Gasteiger partial charge in [0.15, 0.2) is 11.3 Å². The van der Waals surface area contributed by atoms with E-state index in [1.54, 1.807) is 17.9 Å². The van der Waals surface area contributed by atoms with E-state index in [9.17, 15) is 4.79 Å². The van der Waals surface area contributed by atoms with E-state index in [0.29, 0.717) is 11.2 Å². The van der Waals surface area contributed by atoms with Crippen LogP contribution in [-0.2, 0) is 11.8 Å². The molecule has 0 amide bonds. The molecule has 0 N–H and O–H groups in total. The highest BCUT2D eigenvalue weighted by molar-refractivity contribution is 5.98. The summed E-state index contributed by atoms with van der Waals surface area (Å²) >= 11 is 0. The molecule has 0 bridgehead atoms. The largest absolute Gasteiger partial charge is 0.464 e. The van der Waals surface area contributed by atoms with Crippen molar-refractivity contribution in [1.82, 2.24) is 19.5 Å². The van der Waals surface area contributed by atoms with Gasteiger partial charge in [0.2, 0.25) is 0 Å². The van der Waals surface area contributed by atoms with Crippen molar-refractivity contribution in [2.45, 2.75) is 0 Å². The number of ether oxygens (including phenoxy) is 1. The molecule has 6 heteroatoms. The Kier molecular flexibility index (Phi) is 1.88. The lowest BCUT2D eigenvalue weighted by molar-refractivity contribution is 0.0596. The highest BCUT2D eigenvalue weighted by Crippen LogP contribution is 2.11. The number of aryl methyl sites for hydroxylation is 1. The van der Waals surface area contributed by atoms with E-state index in [4.69, 9.17) is 0 Å². The number of hydrogen-bond acceptors (Lipinski definition) is 5. The third-order valence-electron chi connectivity index (χ3n) is 1.88. The van der Waals surface area contributed by atoms with Gasteiger partial charge >= 0.3 is 5.97 Å². The van der Waals surface area contributed by atoms with Crippen molar-refractivity contribution in [2.75, 3.05) is 7.11 Å². The second-order valence-corrected chi connectivity index (χ2v) is 2.74. The Hall–Kier alpha value is -1.98. The zero-order chi connectivity index (χ0) is 10.1. The van der Waals surface area contributed by atoms with Gasteiger partial charge in [-0.05, 0) is 0 Å². The van der Waals surface area contributed by atoms with Crippen LogP contribution in [0.15, 0.2) is 12.7 Å². The lowest BCUT2D eigenvalue weighted by Gasteiger charge is -1.98. The zero-order valence-electron chi connectivity index (χ0n) is 7.76. The first-order valence-electron chi connectivity index (χ1n) is 3.94. The third-order valence-corrected chi connectivity index (χ3v) is 1.88. The molecule has 2 rings (SSSR count). The van der Waals surface area contributed by atoms with Crippen LogP contribution in [0.2, 0.25) is 0 Å². The van der Waals surface area contributed by atoms with E-state index in [-0.39, 0.29) is 5.69 Å². The first-order valence-corrected chi connectivity index (χ1v) is 3.94. The van der Waals surface area contributed by atoms with Gasteiger partial charge in [-0.2, -0.15) is 0 Å². The Labute approximate surface area is 79.6 Å². The molecule has 0 fully saturated rings. The predicted octanol–water partition coefficient (Wildman–Crippen LogP) is 0.150. The molecule has 6 nitrogen and oxygen atoms in total. The fraction of sp³-hybridized carbons (Fsp3) is 0.250. The van der Waals surface area contributed by atoms with Gasteiger partial charge in [0.05, 0.1) is 13.4 Å². The molecule has 2 heterocycles. The zero-order valence-corrected chi connectivity index (χ0v) is 7.76. The van der Waals surface area contributed by atoms with Crippen LogP contribution in [0.3, 0.4) is 0 Å². The molecule has 72 valence electrons. The van der Waals surface area contributed by atoms with Crippen LogP contribution in [-0.4, -0.2) is 32.6 Å². The Morgan fingerprint density at radius 3 is 2.93 bits per heavy atom. The molecule has 0 spiro atoms. The van der Waals surface area contributed by atoms with Crippen LogP contribution in [0.1, 0.15) is 10.5 Å². The van der Waals surface area contributed by atoms with Crippen molar-refractivity contribution in [2.24, 2.45) is 7.05 Å². The van der Waals surface area contributed by atoms with Crippen molar-refractivity contribution < 1.29 is 9.53 Å². The summed E-state index contributed by atoms with van der Waals surface area (Å²) in [4.78, 5) is 23.1. The summed E-state index contributed by atoms with van der Waals surface area (Å²) in [6.07, 6.45) is 2.89. The Bertz CT molecular complexity index is 491. The van der Waals surface area contributed by atoms with Gasteiger partial charge in [-0.3, -0.25) is 0 Å². The number of methoxy groups -OCH3 is 1. The molecule has 0 aromatic carbocycles. The molecule has 0 saturated heterocycles. The fourth-order valence-corrected chi connectivity index (χ4v) is 1.19. The summed E-state index contributed by atoms with van der Waals surface area (Å²) in [7, 11) is 3.10. The minimum atomic E-state index is -0.504. The van der Waals surface area contributed by atoms with Crippen LogP contribution in [0.5, 0.6) is 0 Å². The van der Waals surface area contributed by atoms with Crippen molar-refractivity contribution in [3.8, 4) is 0 Å². The first kappa shape index (κ1) is 8.61. The summed E-state index contributed by atoms with van der Waals surface area (Å²) in [6.45, 7) is 0. The summed E-state index contributed by atoms with van der Waals surface area (Å²) in [5.41, 5.74) is 1.26. The van der Waals surface area contributed by atoms with Crippen molar-refractivity contribution >= 4 is 17.1 Å². The second-order valence-electron chi connectivity index (χ2n) is 2.74. The highest BCUT2D eigenvalue weighted by Gasteiger charge is 2.15. The minimum absolute atomic E-state index is 0.193. The number of carbonyl (C=O) groups is 1. The maximum Gasteiger partial charge on any atom is 0.359 e. The standard InChI is InChI=1S/C8H8N4O2/c1-12-4-11-5-6(8(13)14-2)9-3-10-7(5)12/h3-4H,1-2H3. The minimum Gasteiger partial charge on any atom is -0.464 e. The van der Waals surface area contributed by atoms with E-state index in [0.717, 1.165) is 0 Å². The Morgan fingerprint density at radius 1 is 1.43 bits per heavy atom. The lowest BCUT2D eigenvalue weighted by Crippen LogP contribution is -2.06. The molecule has 0 aliphatic rings. The lowest BCUT2D eigenvalue weighted by atomic mass is 10.3. The third kappa shape index (κ3) is 1.12. The van der Waals surface area contributed by atoms with Gasteiger partial charge in [-0.25, -0.2) is 19.7 Å². The Morgan fingerprint density at radius 2 is 2.21 bits per heavy atom. The monoisotopic (exact) mass is 192 g/mol. The number of aromatic nitrogens is 4. The number of rotatable bonds is 1. The van der Waals surface area contributed by atoms with E-state index in [1.165, 1.54) is 13.4 Å². The molecule has 0 aliphatic carbocycles. The molecule has 2 aromatic rings. The average molecular weight is 192 g/mol. The molecule has 0 unspecified atom stereocenters. The first-order chi connectivity index (χ1) is 6.74. The topological polar surface area (TPSA) is 69.9 Å². The van der Waals surface area contributed by atoms with Gasteiger partial charge in [0, 0.05) is 7.05 Å². The van der Waals surface area contributed by atoms with Gasteiger partial charge in [-0.15, -0.1) is 0 Å². The molecule has 2 aromatic heterocycles. The van der Waals surface area contributed by atoms with E-state index in [1.807, 2.05) is 0 Å². The number of imidazole rings is 1. The number of carbonyl (C=O) groups excluding carboxylic acids is 1. The predicted molar refractivity (Wildman–Crippen MR) is 47.6 cm³/mol. The van der Waals surface area contributed by atoms with Crippen LogP contribution >= 0.6 is 0 Å². The summed E-state index contributed by atoms with van der Waals surface area (Å²) < 4.78 is 6.29. The number of esters is 1. The van der Waals surface area contributed by atoms with Crippen molar-refractivity contribution in [3.05, 3.63) is 18.3 Å². The summed E-state index contributed by atoms with van der Waals surface area (Å²) in [6, 6.07) is 0. The molecular formula is C8H8N4O2. The summed E-state index contributed by atoms with van der Waals surface area (Å²) in [5.74, 6) is -0.504. The van der Waals surface area contributed by atoms with E-state index in [2.05, 4.69) is 19.7 Å². The quantitative estimate of drug-likeness (QED) is 0.601. The molecule has 0 saturated carbocycles. The van der Waals surface area contributed by atoms with Gasteiger partial charge in [0.1, 0.15) is 11.8 Å². The van der Waals surface area contributed by atoms with Crippen LogP contribution in [0.25, 0.3) is 11.2 Å². The highest BCUT2D eigenvalue weighted by atomic mass is 16.5. The Balaban J connectivity index is 2.71. The fourth-order valence-electron chi connectivity index (χ4n) is 1.19. The number of hydrogen-bond donors (Lipinski definition) is 0. The number of nitrogens with zero attached hydrogens (tertiary/aromatic N) is 4. The van der Waals surface area contributed by atoms with Gasteiger partial charge in [-0.1, -0.05) is 0 Å². The van der Waals surface area contributed by atoms with Crippen LogP contribution in [0.4, 0.5) is 0 Å². The number of fused-ring (bicyclic) bond motifs is 1. The summed E-state index contributed by atoms with van der Waals surface area (Å²) in [5, 5.41) is 0. The molecule has 0 radical (unpaired) electrons. The normalized spacial score (nSPS) is 10.4. The smallest absolute Gasteiger partial charge is 0.359 e. The van der Waals surface area contributed by atoms with Crippen LogP contribution < -0.4 is 0 Å². The van der Waals surface area contributed by atoms with Gasteiger partial charge in [0.25, 0.3) is 0 Å².